The van der Waals surface area contributed by atoms with Gasteiger partial charge < -0.3 is 10.1 Å². The fourth-order valence-corrected chi connectivity index (χ4v) is 2.89. The van der Waals surface area contributed by atoms with Crippen molar-refractivity contribution >= 4 is 23.4 Å². The highest BCUT2D eigenvalue weighted by molar-refractivity contribution is 6.31. The van der Waals surface area contributed by atoms with E-state index in [1.807, 2.05) is 0 Å². The van der Waals surface area contributed by atoms with Crippen molar-refractivity contribution in [1.82, 2.24) is 10.3 Å². The highest BCUT2D eigenvalue weighted by Crippen LogP contribution is 2.35. The fourth-order valence-electron chi connectivity index (χ4n) is 2.65. The van der Waals surface area contributed by atoms with E-state index in [4.69, 9.17) is 16.3 Å². The lowest BCUT2D eigenvalue weighted by atomic mass is 9.95. The van der Waals surface area contributed by atoms with Crippen LogP contribution in [0.1, 0.15) is 24.2 Å². The molecule has 0 aliphatic carbocycles. The van der Waals surface area contributed by atoms with E-state index in [1.54, 1.807) is 31.2 Å². The highest BCUT2D eigenvalue weighted by atomic mass is 35.5. The van der Waals surface area contributed by atoms with Gasteiger partial charge in [-0.25, -0.2) is 14.2 Å². The van der Waals surface area contributed by atoms with Gasteiger partial charge >= 0.3 is 5.97 Å². The van der Waals surface area contributed by atoms with Gasteiger partial charge in [0.15, 0.2) is 11.7 Å². The molecule has 1 unspecified atom stereocenters. The van der Waals surface area contributed by atoms with Gasteiger partial charge in [0.25, 0.3) is 0 Å². The van der Waals surface area contributed by atoms with E-state index in [0.29, 0.717) is 21.9 Å². The molecule has 1 aliphatic rings. The molecule has 0 spiro atoms. The fraction of sp³-hybridized carbons (Fsp3) is 0.167. The standard InChI is InChI=1S/C18H15ClFN3O2/c1-10-14(18(24)25-2)15(11-6-3-4-7-12(11)19)23-17(22-10)16-13(20)8-5-9-21-16/h3-9,15H,1-2H3,(H,22,23). The van der Waals surface area contributed by atoms with Gasteiger partial charge in [-0.15, -0.1) is 0 Å². The van der Waals surface area contributed by atoms with Crippen molar-refractivity contribution in [3.63, 3.8) is 0 Å². The lowest BCUT2D eigenvalue weighted by Gasteiger charge is -2.26. The van der Waals surface area contributed by atoms with Crippen LogP contribution in [0.3, 0.4) is 0 Å². The topological polar surface area (TPSA) is 63.6 Å². The lowest BCUT2D eigenvalue weighted by Crippen LogP contribution is -2.33. The number of pyridine rings is 1. The maximum atomic E-state index is 14.1. The van der Waals surface area contributed by atoms with E-state index in [2.05, 4.69) is 15.3 Å². The van der Waals surface area contributed by atoms with E-state index in [1.165, 1.54) is 25.4 Å². The Morgan fingerprint density at radius 1 is 1.28 bits per heavy atom. The maximum absolute atomic E-state index is 14.1. The highest BCUT2D eigenvalue weighted by Gasteiger charge is 2.32. The number of nitrogens with one attached hydrogen (secondary N) is 1. The van der Waals surface area contributed by atoms with Crippen molar-refractivity contribution in [2.24, 2.45) is 4.99 Å². The smallest absolute Gasteiger partial charge is 0.338 e. The largest absolute Gasteiger partial charge is 0.466 e. The Hall–Kier alpha value is -2.73. The van der Waals surface area contributed by atoms with Gasteiger partial charge in [-0.2, -0.15) is 0 Å². The molecule has 2 aromatic rings. The first-order valence-corrected chi connectivity index (χ1v) is 7.90. The summed E-state index contributed by atoms with van der Waals surface area (Å²) >= 11 is 6.29. The van der Waals surface area contributed by atoms with Gasteiger partial charge in [0, 0.05) is 22.5 Å². The first kappa shape index (κ1) is 17.1. The van der Waals surface area contributed by atoms with Crippen molar-refractivity contribution in [1.29, 1.82) is 0 Å². The van der Waals surface area contributed by atoms with Crippen LogP contribution < -0.4 is 5.32 Å². The first-order chi connectivity index (χ1) is 12.0. The molecule has 0 fully saturated rings. The molecular formula is C18H15ClFN3O2. The third-order valence-corrected chi connectivity index (χ3v) is 4.17. The van der Waals surface area contributed by atoms with Crippen LogP contribution in [0, 0.1) is 5.82 Å². The number of hydrogen-bond donors (Lipinski definition) is 1. The Balaban J connectivity index is 2.16. The number of halogens is 2. The lowest BCUT2D eigenvalue weighted by molar-refractivity contribution is -0.136. The average molecular weight is 360 g/mol. The SMILES string of the molecule is COC(=O)C1=C(C)NC(c2ncccc2F)=NC1c1ccccc1Cl. The number of carbonyl (C=O) groups is 1. The Bertz CT molecular complexity index is 895. The molecule has 1 aliphatic heterocycles. The third kappa shape index (κ3) is 3.25. The van der Waals surface area contributed by atoms with Gasteiger partial charge in [0.05, 0.1) is 12.7 Å². The van der Waals surface area contributed by atoms with E-state index < -0.39 is 17.8 Å². The van der Waals surface area contributed by atoms with E-state index in [9.17, 15) is 9.18 Å². The summed E-state index contributed by atoms with van der Waals surface area (Å²) in [6, 6.07) is 9.12. The van der Waals surface area contributed by atoms with Crippen LogP contribution >= 0.6 is 11.6 Å². The van der Waals surface area contributed by atoms with Crippen LogP contribution in [0.25, 0.3) is 0 Å². The molecule has 5 nitrogen and oxygen atoms in total. The molecule has 0 bridgehead atoms. The number of aromatic nitrogens is 1. The molecule has 1 aromatic carbocycles. The number of aliphatic imine (C=N–C) groups is 1. The Labute approximate surface area is 149 Å². The third-order valence-electron chi connectivity index (χ3n) is 3.83. The second-order valence-corrected chi connectivity index (χ2v) is 5.80. The number of nitrogens with zero attached hydrogens (tertiary/aromatic N) is 2. The number of allylic oxidation sites excluding steroid dienone is 1. The minimum atomic E-state index is -0.723. The van der Waals surface area contributed by atoms with E-state index in [0.717, 1.165) is 0 Å². The van der Waals surface area contributed by atoms with Gasteiger partial charge in [-0.1, -0.05) is 29.8 Å². The molecule has 0 amide bonds. The first-order valence-electron chi connectivity index (χ1n) is 7.52. The van der Waals surface area contributed by atoms with E-state index >= 15 is 0 Å². The molecular weight excluding hydrogens is 345 g/mol. The molecule has 0 saturated carbocycles. The summed E-state index contributed by atoms with van der Waals surface area (Å²) in [5, 5.41) is 3.39. The molecule has 7 heteroatoms. The van der Waals surface area contributed by atoms with Crippen LogP contribution in [-0.4, -0.2) is 23.9 Å². The summed E-state index contributed by atoms with van der Waals surface area (Å²) in [7, 11) is 1.30. The minimum absolute atomic E-state index is 0.0721. The number of methoxy groups -OCH3 is 1. The van der Waals surface area contributed by atoms with Crippen molar-refractivity contribution < 1.29 is 13.9 Å². The van der Waals surface area contributed by atoms with Gasteiger partial charge in [0.2, 0.25) is 0 Å². The zero-order valence-corrected chi connectivity index (χ0v) is 14.3. The molecule has 25 heavy (non-hydrogen) atoms. The number of carbonyl (C=O) groups excluding carboxylic acids is 1. The molecule has 0 saturated heterocycles. The summed E-state index contributed by atoms with van der Waals surface area (Å²) in [5.74, 6) is -0.812. The normalized spacial score (nSPS) is 17.0. The number of ether oxygens (including phenoxy) is 1. The van der Waals surface area contributed by atoms with Crippen molar-refractivity contribution in [2.75, 3.05) is 7.11 Å². The average Bonchev–Trinajstić information content (AvgIpc) is 2.61. The van der Waals surface area contributed by atoms with Crippen LogP contribution in [0.15, 0.2) is 58.9 Å². The molecule has 2 heterocycles. The Morgan fingerprint density at radius 2 is 2.04 bits per heavy atom. The van der Waals surface area contributed by atoms with Gasteiger partial charge in [-0.3, -0.25) is 4.99 Å². The molecule has 128 valence electrons. The van der Waals surface area contributed by atoms with Crippen LogP contribution in [0.4, 0.5) is 4.39 Å². The van der Waals surface area contributed by atoms with Crippen molar-refractivity contribution in [3.05, 3.63) is 76.0 Å². The number of esters is 1. The zero-order chi connectivity index (χ0) is 18.0. The minimum Gasteiger partial charge on any atom is -0.466 e. The number of rotatable bonds is 3. The second kappa shape index (κ2) is 7.03. The second-order valence-electron chi connectivity index (χ2n) is 5.39. The van der Waals surface area contributed by atoms with Crippen LogP contribution in [-0.2, 0) is 9.53 Å². The monoisotopic (exact) mass is 359 g/mol. The number of benzene rings is 1. The molecule has 1 atom stereocenters. The summed E-state index contributed by atoms with van der Waals surface area (Å²) in [6.45, 7) is 1.70. The molecule has 0 radical (unpaired) electrons. The predicted octanol–water partition coefficient (Wildman–Crippen LogP) is 3.41. The summed E-state index contributed by atoms with van der Waals surface area (Å²) < 4.78 is 19.0. The summed E-state index contributed by atoms with van der Waals surface area (Å²) in [6.07, 6.45) is 1.47. The van der Waals surface area contributed by atoms with Crippen LogP contribution in [0.5, 0.6) is 0 Å². The predicted molar refractivity (Wildman–Crippen MR) is 92.8 cm³/mol. The zero-order valence-electron chi connectivity index (χ0n) is 13.6. The Morgan fingerprint density at radius 3 is 2.72 bits per heavy atom. The maximum Gasteiger partial charge on any atom is 0.338 e. The molecule has 3 rings (SSSR count). The van der Waals surface area contributed by atoms with Crippen LogP contribution in [0.2, 0.25) is 5.02 Å². The summed E-state index contributed by atoms with van der Waals surface area (Å²) in [4.78, 5) is 20.8. The number of hydrogen-bond acceptors (Lipinski definition) is 5. The molecule has 1 aromatic heterocycles. The van der Waals surface area contributed by atoms with E-state index in [-0.39, 0.29) is 11.5 Å². The number of amidine groups is 1. The summed E-state index contributed by atoms with van der Waals surface area (Å²) in [5.41, 5.74) is 1.52. The quantitative estimate of drug-likeness (QED) is 0.853. The Kier molecular flexibility index (Phi) is 4.81. The van der Waals surface area contributed by atoms with Crippen molar-refractivity contribution in [3.8, 4) is 0 Å². The van der Waals surface area contributed by atoms with Gasteiger partial charge in [-0.05, 0) is 25.1 Å². The molecule has 1 N–H and O–H groups in total. The van der Waals surface area contributed by atoms with Crippen molar-refractivity contribution in [2.45, 2.75) is 13.0 Å². The van der Waals surface area contributed by atoms with Gasteiger partial charge in [0.1, 0.15) is 11.7 Å².